The lowest BCUT2D eigenvalue weighted by Crippen LogP contribution is -2.31. The van der Waals surface area contributed by atoms with Gasteiger partial charge in [-0.2, -0.15) is 0 Å². The lowest BCUT2D eigenvalue weighted by molar-refractivity contribution is 0.0520. The minimum atomic E-state index is -0.339. The average molecular weight is 292 g/mol. The standard InChI is InChI=1S/C15H20N2O2S/c1-6-19-12(18)9-8-17-10-7-14(2,3)15(4,5)11(10)20-13(17)16-9/h8H,6-7H2,1-5H3. The van der Waals surface area contributed by atoms with E-state index in [0.29, 0.717) is 12.3 Å². The van der Waals surface area contributed by atoms with Crippen LogP contribution in [0.1, 0.15) is 55.7 Å². The van der Waals surface area contributed by atoms with E-state index < -0.39 is 0 Å². The van der Waals surface area contributed by atoms with Gasteiger partial charge in [-0.15, -0.1) is 11.3 Å². The molecule has 0 fully saturated rings. The molecule has 20 heavy (non-hydrogen) atoms. The summed E-state index contributed by atoms with van der Waals surface area (Å²) in [5, 5.41) is 0. The van der Waals surface area contributed by atoms with Crippen LogP contribution in [-0.2, 0) is 16.6 Å². The number of rotatable bonds is 2. The fourth-order valence-corrected chi connectivity index (χ4v) is 4.20. The van der Waals surface area contributed by atoms with E-state index in [1.54, 1.807) is 18.3 Å². The molecule has 0 aliphatic heterocycles. The van der Waals surface area contributed by atoms with Crippen LogP contribution in [0.2, 0.25) is 0 Å². The molecule has 108 valence electrons. The first kappa shape index (κ1) is 13.6. The molecule has 0 atom stereocenters. The van der Waals surface area contributed by atoms with Gasteiger partial charge in [-0.3, -0.25) is 4.40 Å². The third kappa shape index (κ3) is 1.65. The summed E-state index contributed by atoms with van der Waals surface area (Å²) in [5.74, 6) is -0.339. The second kappa shape index (κ2) is 4.07. The predicted octanol–water partition coefficient (Wildman–Crippen LogP) is 3.43. The van der Waals surface area contributed by atoms with Crippen molar-refractivity contribution in [3.8, 4) is 0 Å². The van der Waals surface area contributed by atoms with Crippen molar-refractivity contribution < 1.29 is 9.53 Å². The monoisotopic (exact) mass is 292 g/mol. The summed E-state index contributed by atoms with van der Waals surface area (Å²) in [6.45, 7) is 11.4. The molecule has 1 aliphatic carbocycles. The molecule has 0 bridgehead atoms. The van der Waals surface area contributed by atoms with Gasteiger partial charge >= 0.3 is 5.97 Å². The van der Waals surface area contributed by atoms with Gasteiger partial charge < -0.3 is 4.74 Å². The first-order chi connectivity index (χ1) is 9.28. The van der Waals surface area contributed by atoms with Crippen molar-refractivity contribution >= 4 is 22.3 Å². The number of nitrogens with zero attached hydrogens (tertiary/aromatic N) is 2. The van der Waals surface area contributed by atoms with Crippen molar-refractivity contribution in [3.63, 3.8) is 0 Å². The second-order valence-electron chi connectivity index (χ2n) is 6.56. The van der Waals surface area contributed by atoms with Crippen LogP contribution in [0.4, 0.5) is 0 Å². The molecule has 0 amide bonds. The quantitative estimate of drug-likeness (QED) is 0.796. The number of hydrogen-bond donors (Lipinski definition) is 0. The highest BCUT2D eigenvalue weighted by molar-refractivity contribution is 7.17. The topological polar surface area (TPSA) is 43.6 Å². The maximum atomic E-state index is 11.8. The molecule has 4 nitrogen and oxygen atoms in total. The molecule has 0 N–H and O–H groups in total. The fraction of sp³-hybridized carbons (Fsp3) is 0.600. The van der Waals surface area contributed by atoms with Gasteiger partial charge in [0.05, 0.1) is 6.61 Å². The summed E-state index contributed by atoms with van der Waals surface area (Å²) >= 11 is 1.70. The molecule has 0 radical (unpaired) electrons. The van der Waals surface area contributed by atoms with Gasteiger partial charge in [0.25, 0.3) is 0 Å². The Kier molecular flexibility index (Phi) is 2.77. The summed E-state index contributed by atoms with van der Waals surface area (Å²) in [7, 11) is 0. The number of ether oxygens (including phenoxy) is 1. The summed E-state index contributed by atoms with van der Waals surface area (Å²) in [4.78, 5) is 18.5. The number of hydrogen-bond acceptors (Lipinski definition) is 4. The summed E-state index contributed by atoms with van der Waals surface area (Å²) in [5.41, 5.74) is 2.06. The van der Waals surface area contributed by atoms with E-state index in [1.165, 1.54) is 10.6 Å². The molecule has 5 heteroatoms. The van der Waals surface area contributed by atoms with Crippen molar-refractivity contribution in [2.45, 2.75) is 46.5 Å². The zero-order valence-electron chi connectivity index (χ0n) is 12.6. The van der Waals surface area contributed by atoms with Crippen LogP contribution in [0.3, 0.4) is 0 Å². The SMILES string of the molecule is CCOC(=O)c1cn2c3c(sc2n1)C(C)(C)C(C)(C)C3. The minimum Gasteiger partial charge on any atom is -0.461 e. The molecule has 2 aromatic heterocycles. The van der Waals surface area contributed by atoms with E-state index >= 15 is 0 Å². The molecular formula is C15H20N2O2S. The maximum absolute atomic E-state index is 11.8. The summed E-state index contributed by atoms with van der Waals surface area (Å²) in [6.07, 6.45) is 2.83. The Hall–Kier alpha value is -1.36. The third-order valence-electron chi connectivity index (χ3n) is 4.77. The Balaban J connectivity index is 2.10. The molecule has 0 saturated heterocycles. The molecule has 0 saturated carbocycles. The van der Waals surface area contributed by atoms with Gasteiger partial charge in [-0.25, -0.2) is 9.78 Å². The second-order valence-corrected chi connectivity index (χ2v) is 7.54. The molecule has 2 heterocycles. The number of fused-ring (bicyclic) bond motifs is 3. The number of carbonyl (C=O) groups is 1. The van der Waals surface area contributed by atoms with E-state index in [9.17, 15) is 4.79 Å². The normalized spacial score (nSPS) is 19.2. The molecule has 0 unspecified atom stereocenters. The average Bonchev–Trinajstić information content (AvgIpc) is 2.92. The van der Waals surface area contributed by atoms with Crippen LogP contribution in [0.25, 0.3) is 4.96 Å². The molecular weight excluding hydrogens is 272 g/mol. The number of aromatic nitrogens is 2. The van der Waals surface area contributed by atoms with Gasteiger partial charge in [-0.1, -0.05) is 27.7 Å². The minimum absolute atomic E-state index is 0.137. The van der Waals surface area contributed by atoms with E-state index in [4.69, 9.17) is 4.74 Å². The maximum Gasteiger partial charge on any atom is 0.358 e. The molecule has 1 aliphatic rings. The largest absolute Gasteiger partial charge is 0.461 e. The van der Waals surface area contributed by atoms with Gasteiger partial charge in [0, 0.05) is 22.2 Å². The van der Waals surface area contributed by atoms with Crippen molar-refractivity contribution in [1.82, 2.24) is 9.38 Å². The molecule has 2 aromatic rings. The number of carbonyl (C=O) groups excluding carboxylic acids is 1. The van der Waals surface area contributed by atoms with Crippen LogP contribution in [0, 0.1) is 5.41 Å². The van der Waals surface area contributed by atoms with Gasteiger partial charge in [-0.05, 0) is 18.8 Å². The Labute approximate surface area is 122 Å². The lowest BCUT2D eigenvalue weighted by atomic mass is 9.71. The van der Waals surface area contributed by atoms with E-state index in [1.807, 2.05) is 6.20 Å². The first-order valence-corrected chi connectivity index (χ1v) is 7.78. The highest BCUT2D eigenvalue weighted by Gasteiger charge is 2.48. The molecule has 3 rings (SSSR count). The Morgan fingerprint density at radius 1 is 1.45 bits per heavy atom. The van der Waals surface area contributed by atoms with Crippen LogP contribution >= 0.6 is 11.3 Å². The Bertz CT molecular complexity index is 694. The smallest absolute Gasteiger partial charge is 0.358 e. The van der Waals surface area contributed by atoms with Crippen LogP contribution in [0.5, 0.6) is 0 Å². The first-order valence-electron chi connectivity index (χ1n) is 6.96. The zero-order chi connectivity index (χ0) is 14.7. The Morgan fingerprint density at radius 3 is 2.80 bits per heavy atom. The van der Waals surface area contributed by atoms with Gasteiger partial charge in [0.2, 0.25) is 0 Å². The molecule has 0 aromatic carbocycles. The van der Waals surface area contributed by atoms with Crippen molar-refractivity contribution in [1.29, 1.82) is 0 Å². The van der Waals surface area contributed by atoms with Gasteiger partial charge in [0.15, 0.2) is 10.7 Å². The lowest BCUT2D eigenvalue weighted by Gasteiger charge is -2.34. The third-order valence-corrected chi connectivity index (χ3v) is 6.19. The summed E-state index contributed by atoms with van der Waals surface area (Å²) in [6, 6.07) is 0. The van der Waals surface area contributed by atoms with Crippen LogP contribution in [0.15, 0.2) is 6.20 Å². The number of esters is 1. The van der Waals surface area contributed by atoms with E-state index in [-0.39, 0.29) is 16.8 Å². The zero-order valence-corrected chi connectivity index (χ0v) is 13.4. The van der Waals surface area contributed by atoms with Crippen molar-refractivity contribution in [3.05, 3.63) is 22.5 Å². The fourth-order valence-electron chi connectivity index (χ4n) is 2.79. The van der Waals surface area contributed by atoms with Crippen LogP contribution < -0.4 is 0 Å². The highest BCUT2D eigenvalue weighted by Crippen LogP contribution is 2.53. The van der Waals surface area contributed by atoms with Gasteiger partial charge in [0.1, 0.15) is 0 Å². The van der Waals surface area contributed by atoms with E-state index in [0.717, 1.165) is 11.4 Å². The number of thiazole rings is 1. The Morgan fingerprint density at radius 2 is 2.15 bits per heavy atom. The van der Waals surface area contributed by atoms with Crippen molar-refractivity contribution in [2.24, 2.45) is 5.41 Å². The highest BCUT2D eigenvalue weighted by atomic mass is 32.1. The number of imidazole rings is 1. The van der Waals surface area contributed by atoms with Crippen LogP contribution in [-0.4, -0.2) is 22.0 Å². The summed E-state index contributed by atoms with van der Waals surface area (Å²) < 4.78 is 7.09. The van der Waals surface area contributed by atoms with Crippen molar-refractivity contribution in [2.75, 3.05) is 6.61 Å². The van der Waals surface area contributed by atoms with E-state index in [2.05, 4.69) is 37.1 Å². The molecule has 0 spiro atoms. The predicted molar refractivity (Wildman–Crippen MR) is 79.5 cm³/mol.